The van der Waals surface area contributed by atoms with Crippen LogP contribution in [0.5, 0.6) is 0 Å². The van der Waals surface area contributed by atoms with Crippen LogP contribution in [-0.4, -0.2) is 4.57 Å². The minimum Gasteiger partial charge on any atom is -0.348 e. The van der Waals surface area contributed by atoms with E-state index in [1.54, 1.807) is 50.3 Å². The van der Waals surface area contributed by atoms with Crippen molar-refractivity contribution in [1.29, 1.82) is 0 Å². The molecule has 2 unspecified atom stereocenters. The smallest absolute Gasteiger partial charge is 0.0228 e. The zero-order valence-electron chi connectivity index (χ0n) is 21.7. The molecule has 0 saturated heterocycles. The lowest BCUT2D eigenvalue weighted by Gasteiger charge is -2.38. The van der Waals surface area contributed by atoms with Gasteiger partial charge in [-0.15, -0.1) is 0 Å². The third-order valence-electron chi connectivity index (χ3n) is 9.87. The fourth-order valence-electron chi connectivity index (χ4n) is 8.50. The maximum absolute atomic E-state index is 2.81. The van der Waals surface area contributed by atoms with Gasteiger partial charge in [0, 0.05) is 17.9 Å². The summed E-state index contributed by atoms with van der Waals surface area (Å²) >= 11 is 0. The molecule has 1 nitrogen and oxygen atoms in total. The van der Waals surface area contributed by atoms with E-state index < -0.39 is 0 Å². The maximum Gasteiger partial charge on any atom is 0.0228 e. The lowest BCUT2D eigenvalue weighted by atomic mass is 9.69. The van der Waals surface area contributed by atoms with Gasteiger partial charge >= 0.3 is 0 Å². The molecule has 2 heterocycles. The zero-order valence-corrected chi connectivity index (χ0v) is 21.7. The molecule has 1 aromatic heterocycles. The van der Waals surface area contributed by atoms with Crippen molar-refractivity contribution in [2.45, 2.75) is 130 Å². The van der Waals surface area contributed by atoms with Gasteiger partial charge < -0.3 is 4.57 Å². The van der Waals surface area contributed by atoms with E-state index in [1.807, 2.05) is 0 Å². The summed E-state index contributed by atoms with van der Waals surface area (Å²) in [6, 6.07) is 2.66. The average molecular weight is 444 g/mol. The van der Waals surface area contributed by atoms with Crippen LogP contribution in [0.1, 0.15) is 128 Å². The van der Waals surface area contributed by atoms with Crippen molar-refractivity contribution in [1.82, 2.24) is 4.57 Å². The van der Waals surface area contributed by atoms with Gasteiger partial charge in [-0.3, -0.25) is 0 Å². The highest BCUT2D eigenvalue weighted by Gasteiger charge is 2.35. The van der Waals surface area contributed by atoms with Gasteiger partial charge in [0.15, 0.2) is 0 Å². The predicted molar refractivity (Wildman–Crippen MR) is 140 cm³/mol. The van der Waals surface area contributed by atoms with E-state index in [9.17, 15) is 0 Å². The molecular formula is C32H45N. The zero-order chi connectivity index (χ0) is 22.7. The second-order valence-electron chi connectivity index (χ2n) is 12.5. The van der Waals surface area contributed by atoms with Crippen LogP contribution in [0.3, 0.4) is 0 Å². The normalized spacial score (nSPS) is 24.4. The van der Waals surface area contributed by atoms with Crippen LogP contribution in [-0.2, 0) is 51.5 Å². The third kappa shape index (κ3) is 3.64. The molecule has 1 aromatic carbocycles. The SMILES string of the molecule is CC(C)c1c2c(cc3c1CC(C1CCn4c5c(c(C(C)C)c4C1)CCCC5)CC3)CCCC2. The van der Waals surface area contributed by atoms with Gasteiger partial charge in [0.1, 0.15) is 0 Å². The molecule has 1 aliphatic heterocycles. The highest BCUT2D eigenvalue weighted by molar-refractivity contribution is 5.50. The minimum atomic E-state index is 0.674. The van der Waals surface area contributed by atoms with Crippen molar-refractivity contribution >= 4 is 0 Å². The van der Waals surface area contributed by atoms with Crippen LogP contribution >= 0.6 is 0 Å². The summed E-state index contributed by atoms with van der Waals surface area (Å²) in [5, 5.41) is 0. The Morgan fingerprint density at radius 3 is 2.09 bits per heavy atom. The largest absolute Gasteiger partial charge is 0.348 e. The molecule has 0 N–H and O–H groups in total. The fraction of sp³-hybridized carbons (Fsp3) is 0.688. The Balaban J connectivity index is 1.32. The first kappa shape index (κ1) is 22.0. The Labute approximate surface area is 202 Å². The number of rotatable bonds is 3. The Morgan fingerprint density at radius 1 is 0.636 bits per heavy atom. The highest BCUT2D eigenvalue weighted by atomic mass is 15.0. The summed E-state index contributed by atoms with van der Waals surface area (Å²) in [5.41, 5.74) is 15.8. The average Bonchev–Trinajstić information content (AvgIpc) is 3.15. The second-order valence-corrected chi connectivity index (χ2v) is 12.5. The summed E-state index contributed by atoms with van der Waals surface area (Å²) in [7, 11) is 0. The molecule has 178 valence electrons. The Hall–Kier alpha value is -1.50. The minimum absolute atomic E-state index is 0.674. The van der Waals surface area contributed by atoms with E-state index >= 15 is 0 Å². The van der Waals surface area contributed by atoms with Crippen LogP contribution in [0, 0.1) is 11.8 Å². The van der Waals surface area contributed by atoms with Gasteiger partial charge in [0.05, 0.1) is 0 Å². The van der Waals surface area contributed by atoms with E-state index in [4.69, 9.17) is 0 Å². The molecule has 0 saturated carbocycles. The van der Waals surface area contributed by atoms with E-state index in [-0.39, 0.29) is 0 Å². The lowest BCUT2D eigenvalue weighted by molar-refractivity contribution is 0.242. The quantitative estimate of drug-likeness (QED) is 0.455. The molecule has 1 heteroatoms. The molecule has 0 amide bonds. The maximum atomic E-state index is 2.81. The molecule has 2 atom stereocenters. The van der Waals surface area contributed by atoms with E-state index in [0.717, 1.165) is 11.8 Å². The van der Waals surface area contributed by atoms with Crippen molar-refractivity contribution in [3.05, 3.63) is 56.4 Å². The number of fused-ring (bicyclic) bond motifs is 5. The summed E-state index contributed by atoms with van der Waals surface area (Å²) < 4.78 is 2.81. The molecule has 4 aliphatic rings. The van der Waals surface area contributed by atoms with Crippen molar-refractivity contribution in [3.8, 4) is 0 Å². The molecule has 0 bridgehead atoms. The fourth-order valence-corrected chi connectivity index (χ4v) is 8.50. The number of benzene rings is 1. The van der Waals surface area contributed by atoms with E-state index in [2.05, 4.69) is 38.3 Å². The Bertz CT molecular complexity index is 1050. The van der Waals surface area contributed by atoms with Gasteiger partial charge in [0.2, 0.25) is 0 Å². The van der Waals surface area contributed by atoms with Crippen LogP contribution < -0.4 is 0 Å². The topological polar surface area (TPSA) is 4.93 Å². The first-order chi connectivity index (χ1) is 16.0. The summed E-state index contributed by atoms with van der Waals surface area (Å²) in [6.07, 6.45) is 17.8. The third-order valence-corrected chi connectivity index (χ3v) is 9.87. The summed E-state index contributed by atoms with van der Waals surface area (Å²) in [6.45, 7) is 11.1. The summed E-state index contributed by atoms with van der Waals surface area (Å²) in [4.78, 5) is 0. The van der Waals surface area contributed by atoms with Crippen LogP contribution in [0.15, 0.2) is 6.07 Å². The van der Waals surface area contributed by atoms with Gasteiger partial charge in [-0.1, -0.05) is 33.8 Å². The predicted octanol–water partition coefficient (Wildman–Crippen LogP) is 7.86. The number of nitrogens with zero attached hydrogens (tertiary/aromatic N) is 1. The van der Waals surface area contributed by atoms with Gasteiger partial charge in [-0.25, -0.2) is 0 Å². The molecule has 6 rings (SSSR count). The highest BCUT2D eigenvalue weighted by Crippen LogP contribution is 2.44. The van der Waals surface area contributed by atoms with Gasteiger partial charge in [-0.2, -0.15) is 0 Å². The molecule has 33 heavy (non-hydrogen) atoms. The number of aryl methyl sites for hydroxylation is 2. The van der Waals surface area contributed by atoms with Crippen LogP contribution in [0.2, 0.25) is 0 Å². The van der Waals surface area contributed by atoms with Crippen molar-refractivity contribution in [2.75, 3.05) is 0 Å². The van der Waals surface area contributed by atoms with Crippen molar-refractivity contribution < 1.29 is 0 Å². The lowest BCUT2D eigenvalue weighted by Crippen LogP contribution is -2.31. The number of hydrogen-bond donors (Lipinski definition) is 0. The van der Waals surface area contributed by atoms with Crippen LogP contribution in [0.25, 0.3) is 0 Å². The molecular weight excluding hydrogens is 398 g/mol. The molecule has 0 fully saturated rings. The standard InChI is InChI=1S/C32H45N/c1-20(2)31-26-10-6-5-9-24(26)17-25-14-13-22(18-28(25)31)23-15-16-33-29-12-8-7-11-27(29)32(21(3)4)30(33)19-23/h17,20-23H,5-16,18-19H2,1-4H3. The molecule has 3 aliphatic carbocycles. The second kappa shape index (κ2) is 8.62. The van der Waals surface area contributed by atoms with Gasteiger partial charge in [-0.05, 0) is 146 Å². The van der Waals surface area contributed by atoms with Crippen molar-refractivity contribution in [3.63, 3.8) is 0 Å². The number of hydrogen-bond acceptors (Lipinski definition) is 0. The van der Waals surface area contributed by atoms with Gasteiger partial charge in [0.25, 0.3) is 0 Å². The first-order valence-electron chi connectivity index (χ1n) is 14.4. The number of aromatic nitrogens is 1. The first-order valence-corrected chi connectivity index (χ1v) is 14.4. The Kier molecular flexibility index (Phi) is 5.74. The van der Waals surface area contributed by atoms with Crippen LogP contribution in [0.4, 0.5) is 0 Å². The Morgan fingerprint density at radius 2 is 1.30 bits per heavy atom. The van der Waals surface area contributed by atoms with E-state index in [1.165, 1.54) is 90.0 Å². The summed E-state index contributed by atoms with van der Waals surface area (Å²) in [5.74, 6) is 3.12. The van der Waals surface area contributed by atoms with Crippen molar-refractivity contribution in [2.24, 2.45) is 11.8 Å². The molecule has 2 aromatic rings. The monoisotopic (exact) mass is 443 g/mol. The molecule has 0 radical (unpaired) electrons. The molecule has 0 spiro atoms. The van der Waals surface area contributed by atoms with E-state index in [0.29, 0.717) is 11.8 Å².